The zero-order valence-electron chi connectivity index (χ0n) is 25.9. The summed E-state index contributed by atoms with van der Waals surface area (Å²) in [6.45, 7) is 9.51. The Labute approximate surface area is 262 Å². The van der Waals surface area contributed by atoms with Gasteiger partial charge < -0.3 is 25.5 Å². The molecule has 2 aliphatic heterocycles. The van der Waals surface area contributed by atoms with E-state index >= 15 is 0 Å². The van der Waals surface area contributed by atoms with E-state index in [1.54, 1.807) is 6.92 Å². The molecule has 11 heteroatoms. The Morgan fingerprint density at radius 1 is 0.818 bits per heavy atom. The second kappa shape index (κ2) is 13.7. The van der Waals surface area contributed by atoms with Gasteiger partial charge in [-0.05, 0) is 98.6 Å². The Morgan fingerprint density at radius 2 is 1.43 bits per heavy atom. The Kier molecular flexibility index (Phi) is 10.2. The molecule has 0 spiro atoms. The number of carboxylic acid groups (broad SMARTS) is 2. The number of hydrogen-bond donors (Lipinski definition) is 6. The lowest BCUT2D eigenvalue weighted by Crippen LogP contribution is -2.16. The van der Waals surface area contributed by atoms with Crippen molar-refractivity contribution in [2.75, 3.05) is 5.75 Å². The van der Waals surface area contributed by atoms with E-state index in [2.05, 4.69) is 32.9 Å². The topological polar surface area (TPSA) is 165 Å². The van der Waals surface area contributed by atoms with Crippen LogP contribution in [0.1, 0.15) is 91.5 Å². The van der Waals surface area contributed by atoms with Gasteiger partial charge in [-0.25, -0.2) is 4.99 Å². The molecule has 10 nitrogen and oxygen atoms in total. The highest BCUT2D eigenvalue weighted by Crippen LogP contribution is 2.31. The Bertz CT molecular complexity index is 1670. The number of carboxylic acids is 2. The van der Waals surface area contributed by atoms with E-state index in [0.29, 0.717) is 61.3 Å². The van der Waals surface area contributed by atoms with E-state index in [9.17, 15) is 29.4 Å². The number of aliphatic imine (C=N–C) groups is 1. The van der Waals surface area contributed by atoms with Gasteiger partial charge in [0.25, 0.3) is 11.8 Å². The number of nitrogens with zero attached hydrogens (tertiary/aromatic N) is 1. The van der Waals surface area contributed by atoms with E-state index < -0.39 is 11.9 Å². The molecule has 0 aliphatic carbocycles. The molecule has 0 atom stereocenters. The molecular formula is C33H40N4O6S. The van der Waals surface area contributed by atoms with Gasteiger partial charge in [0.1, 0.15) is 0 Å². The third-order valence-corrected chi connectivity index (χ3v) is 8.92. The zero-order chi connectivity index (χ0) is 32.3. The van der Waals surface area contributed by atoms with E-state index in [1.807, 2.05) is 33.8 Å². The smallest absolute Gasteiger partial charge is 0.303 e. The molecule has 2 aromatic heterocycles. The zero-order valence-corrected chi connectivity index (χ0v) is 26.8. The van der Waals surface area contributed by atoms with E-state index in [4.69, 9.17) is 0 Å². The maximum atomic E-state index is 12.4. The number of aromatic amines is 2. The first-order chi connectivity index (χ1) is 20.9. The molecular weight excluding hydrogens is 580 g/mol. The summed E-state index contributed by atoms with van der Waals surface area (Å²) in [4.78, 5) is 59.2. The molecule has 0 radical (unpaired) electrons. The maximum absolute atomic E-state index is 12.4. The second-order valence-electron chi connectivity index (χ2n) is 11.4. The minimum absolute atomic E-state index is 0.0491. The molecule has 0 fully saturated rings. The van der Waals surface area contributed by atoms with Crippen LogP contribution in [-0.2, 0) is 44.9 Å². The third-order valence-electron chi connectivity index (χ3n) is 8.69. The summed E-state index contributed by atoms with van der Waals surface area (Å²) >= 11 is 4.35. The summed E-state index contributed by atoms with van der Waals surface area (Å²) in [6.07, 6.45) is 4.45. The monoisotopic (exact) mass is 620 g/mol. The van der Waals surface area contributed by atoms with Gasteiger partial charge in [0, 0.05) is 65.3 Å². The number of allylic oxidation sites excluding steroid dienone is 2. The molecule has 2 aromatic rings. The summed E-state index contributed by atoms with van der Waals surface area (Å²) in [5.41, 5.74) is 11.4. The second-order valence-corrected chi connectivity index (χ2v) is 11.8. The molecule has 2 amide bonds. The van der Waals surface area contributed by atoms with Gasteiger partial charge in [0.2, 0.25) is 0 Å². The number of rotatable bonds is 14. The fraction of sp³-hybridized carbons (Fsp3) is 0.424. The summed E-state index contributed by atoms with van der Waals surface area (Å²) in [5.74, 6) is -1.58. The highest BCUT2D eigenvalue weighted by atomic mass is 32.1. The van der Waals surface area contributed by atoms with Gasteiger partial charge in [-0.15, -0.1) is 0 Å². The number of H-pyrrole nitrogens is 2. The quantitative estimate of drug-likeness (QED) is 0.164. The van der Waals surface area contributed by atoms with Crippen LogP contribution in [0, 0.1) is 13.8 Å². The van der Waals surface area contributed by atoms with Crippen molar-refractivity contribution in [1.82, 2.24) is 15.3 Å². The predicted molar refractivity (Wildman–Crippen MR) is 172 cm³/mol. The molecule has 0 unspecified atom stereocenters. The predicted octanol–water partition coefficient (Wildman–Crippen LogP) is 4.94. The molecule has 4 rings (SSSR count). The first kappa shape index (κ1) is 32.8. The number of carbonyl (C=O) groups is 4. The maximum Gasteiger partial charge on any atom is 0.303 e. The average molecular weight is 621 g/mol. The summed E-state index contributed by atoms with van der Waals surface area (Å²) in [6, 6.07) is 0. The van der Waals surface area contributed by atoms with Gasteiger partial charge in [0.15, 0.2) is 0 Å². The van der Waals surface area contributed by atoms with Crippen LogP contribution in [0.25, 0.3) is 6.08 Å². The Balaban J connectivity index is 1.76. The van der Waals surface area contributed by atoms with Crippen LogP contribution in [0.3, 0.4) is 0 Å². The number of aromatic nitrogens is 2. The molecule has 0 aromatic carbocycles. The minimum Gasteiger partial charge on any atom is -0.481 e. The standard InChI is InChI=1S/C33H40N4O6S/c1-6-20-16(2)26(36-33(20)43)13-24-17(3)21(7-9-30(38)39)27(34-24)15-28-22(8-10-31(40)41)18(4)25(35-28)14-29-23(11-12-44)19(5)32(42)37-29/h13,34-35,44H,6-12,14-15H2,1-5H3,(H,36,43)(H,38,39)(H,40,41)/b26-13-. The van der Waals surface area contributed by atoms with Gasteiger partial charge in [-0.3, -0.25) is 19.2 Å². The van der Waals surface area contributed by atoms with Gasteiger partial charge >= 0.3 is 11.9 Å². The van der Waals surface area contributed by atoms with Gasteiger partial charge in [-0.2, -0.15) is 12.6 Å². The minimum atomic E-state index is -0.904. The van der Waals surface area contributed by atoms with Crippen molar-refractivity contribution in [3.63, 3.8) is 0 Å². The van der Waals surface area contributed by atoms with Crippen LogP contribution in [0.15, 0.2) is 33.0 Å². The van der Waals surface area contributed by atoms with Crippen LogP contribution in [0.4, 0.5) is 0 Å². The van der Waals surface area contributed by atoms with Crippen molar-refractivity contribution in [3.05, 3.63) is 73.0 Å². The van der Waals surface area contributed by atoms with Crippen LogP contribution in [0.5, 0.6) is 0 Å². The van der Waals surface area contributed by atoms with Crippen LogP contribution in [0.2, 0.25) is 0 Å². The number of nitrogens with one attached hydrogen (secondary N) is 3. The third kappa shape index (κ3) is 6.83. The molecule has 4 heterocycles. The van der Waals surface area contributed by atoms with Crippen LogP contribution < -0.4 is 5.32 Å². The van der Waals surface area contributed by atoms with Crippen LogP contribution in [-0.4, -0.2) is 55.4 Å². The lowest BCUT2D eigenvalue weighted by molar-refractivity contribution is -0.138. The summed E-state index contributed by atoms with van der Waals surface area (Å²) < 4.78 is 0. The average Bonchev–Trinajstić information content (AvgIpc) is 3.60. The summed E-state index contributed by atoms with van der Waals surface area (Å²) in [7, 11) is 0. The van der Waals surface area contributed by atoms with Crippen molar-refractivity contribution in [2.45, 2.75) is 86.0 Å². The van der Waals surface area contributed by atoms with Gasteiger partial charge in [-0.1, -0.05) is 6.92 Å². The largest absolute Gasteiger partial charge is 0.481 e. The number of carbonyl (C=O) groups excluding carboxylic acids is 2. The number of hydrogen-bond acceptors (Lipinski definition) is 5. The first-order valence-corrected chi connectivity index (χ1v) is 15.5. The first-order valence-electron chi connectivity index (χ1n) is 14.8. The van der Waals surface area contributed by atoms with E-state index in [-0.39, 0.29) is 24.7 Å². The molecule has 0 saturated heterocycles. The molecule has 0 bridgehead atoms. The fourth-order valence-electron chi connectivity index (χ4n) is 6.14. The normalized spacial score (nSPS) is 16.0. The van der Waals surface area contributed by atoms with Crippen molar-refractivity contribution >= 4 is 48.2 Å². The van der Waals surface area contributed by atoms with Crippen molar-refractivity contribution < 1.29 is 29.4 Å². The molecule has 2 aliphatic rings. The van der Waals surface area contributed by atoms with Crippen molar-refractivity contribution in [3.8, 4) is 0 Å². The lowest BCUT2D eigenvalue weighted by atomic mass is 9.96. The fourth-order valence-corrected chi connectivity index (χ4v) is 6.36. The highest BCUT2D eigenvalue weighted by Gasteiger charge is 2.27. The van der Waals surface area contributed by atoms with Crippen LogP contribution >= 0.6 is 12.6 Å². The number of thiol groups is 1. The van der Waals surface area contributed by atoms with E-state index in [0.717, 1.165) is 61.7 Å². The highest BCUT2D eigenvalue weighted by molar-refractivity contribution is 7.80. The van der Waals surface area contributed by atoms with Crippen molar-refractivity contribution in [2.24, 2.45) is 4.99 Å². The molecule has 0 saturated carbocycles. The SMILES string of the molecule is CCC1=C(C)/C(=C/c2[nH]c(Cc3[nH]c(CC4=NC(=O)C(C)=C4CCS)c(C)c3CCC(=O)O)c(CCC(=O)O)c2C)NC1=O. The molecule has 234 valence electrons. The lowest BCUT2D eigenvalue weighted by Gasteiger charge is -2.07. The molecule has 44 heavy (non-hydrogen) atoms. The number of aliphatic carboxylic acids is 2. The molecule has 5 N–H and O–H groups in total. The van der Waals surface area contributed by atoms with E-state index in [1.165, 1.54) is 0 Å². The Hall–Kier alpha value is -4.12. The van der Waals surface area contributed by atoms with Crippen molar-refractivity contribution in [1.29, 1.82) is 0 Å². The number of amides is 2. The Morgan fingerprint density at radius 3 is 2.00 bits per heavy atom. The van der Waals surface area contributed by atoms with Gasteiger partial charge in [0.05, 0.1) is 5.71 Å². The summed E-state index contributed by atoms with van der Waals surface area (Å²) in [5, 5.41) is 21.9.